The Morgan fingerprint density at radius 3 is 2.22 bits per heavy atom. The molecule has 23 heavy (non-hydrogen) atoms. The number of anilines is 2. The van der Waals surface area contributed by atoms with Crippen LogP contribution in [0.4, 0.5) is 11.4 Å². The summed E-state index contributed by atoms with van der Waals surface area (Å²) in [6.07, 6.45) is 0. The maximum atomic E-state index is 8.96. The van der Waals surface area contributed by atoms with E-state index in [-0.39, 0.29) is 0 Å². The first kappa shape index (κ1) is 15.1. The van der Waals surface area contributed by atoms with E-state index in [9.17, 15) is 0 Å². The molecule has 1 heterocycles. The van der Waals surface area contributed by atoms with Crippen molar-refractivity contribution in [1.82, 2.24) is 0 Å². The van der Waals surface area contributed by atoms with Crippen molar-refractivity contribution >= 4 is 22.7 Å². The molecule has 0 fully saturated rings. The van der Waals surface area contributed by atoms with Crippen molar-refractivity contribution in [2.45, 2.75) is 13.1 Å². The van der Waals surface area contributed by atoms with E-state index in [0.29, 0.717) is 5.56 Å². The van der Waals surface area contributed by atoms with Gasteiger partial charge in [-0.1, -0.05) is 12.1 Å². The van der Waals surface area contributed by atoms with E-state index in [1.165, 1.54) is 11.1 Å². The first-order chi connectivity index (χ1) is 11.2. The summed E-state index contributed by atoms with van der Waals surface area (Å²) in [5.41, 5.74) is 10.8. The maximum Gasteiger partial charge on any atom is 0.0991 e. The number of nitriles is 1. The molecule has 0 radical (unpaired) electrons. The van der Waals surface area contributed by atoms with Crippen molar-refractivity contribution < 1.29 is 0 Å². The highest BCUT2D eigenvalue weighted by molar-refractivity contribution is 7.07. The average Bonchev–Trinajstić information content (AvgIpc) is 3.09. The second-order valence-electron chi connectivity index (χ2n) is 5.39. The fourth-order valence-electron chi connectivity index (χ4n) is 2.43. The molecule has 0 saturated heterocycles. The van der Waals surface area contributed by atoms with Gasteiger partial charge in [-0.3, -0.25) is 0 Å². The van der Waals surface area contributed by atoms with Crippen LogP contribution in [0, 0.1) is 11.3 Å². The van der Waals surface area contributed by atoms with Gasteiger partial charge in [0.25, 0.3) is 0 Å². The number of thiophene rings is 1. The fraction of sp³-hybridized carbons (Fsp3) is 0.105. The molecule has 0 aliphatic carbocycles. The number of nitrogens with zero attached hydrogens (tertiary/aromatic N) is 2. The molecule has 2 aromatic carbocycles. The van der Waals surface area contributed by atoms with Gasteiger partial charge in [-0.15, -0.1) is 0 Å². The van der Waals surface area contributed by atoms with E-state index < -0.39 is 0 Å². The van der Waals surface area contributed by atoms with Crippen molar-refractivity contribution in [2.75, 3.05) is 10.6 Å². The Morgan fingerprint density at radius 2 is 1.61 bits per heavy atom. The van der Waals surface area contributed by atoms with Crippen molar-refractivity contribution in [3.63, 3.8) is 0 Å². The monoisotopic (exact) mass is 319 g/mol. The molecule has 3 rings (SSSR count). The summed E-state index contributed by atoms with van der Waals surface area (Å²) in [7, 11) is 0. The number of benzene rings is 2. The van der Waals surface area contributed by atoms with E-state index >= 15 is 0 Å². The Bertz CT molecular complexity index is 784. The Kier molecular flexibility index (Phi) is 4.60. The zero-order valence-corrected chi connectivity index (χ0v) is 13.5. The van der Waals surface area contributed by atoms with Crippen LogP contribution >= 0.6 is 11.3 Å². The largest absolute Gasteiger partial charge is 0.399 e. The summed E-state index contributed by atoms with van der Waals surface area (Å²) in [5, 5.41) is 13.2. The molecule has 4 heteroatoms. The quantitative estimate of drug-likeness (QED) is 0.709. The second-order valence-corrected chi connectivity index (χ2v) is 6.17. The van der Waals surface area contributed by atoms with Gasteiger partial charge in [0, 0.05) is 24.5 Å². The van der Waals surface area contributed by atoms with E-state index in [2.05, 4.69) is 39.9 Å². The van der Waals surface area contributed by atoms with Gasteiger partial charge in [0.05, 0.1) is 11.6 Å². The van der Waals surface area contributed by atoms with Gasteiger partial charge in [-0.2, -0.15) is 16.6 Å². The van der Waals surface area contributed by atoms with Crippen LogP contribution in [0.15, 0.2) is 65.4 Å². The smallest absolute Gasteiger partial charge is 0.0991 e. The lowest BCUT2D eigenvalue weighted by molar-refractivity contribution is 0.802. The Hall–Kier alpha value is -2.77. The molecular formula is C19H17N3S. The van der Waals surface area contributed by atoms with Gasteiger partial charge < -0.3 is 10.6 Å². The third kappa shape index (κ3) is 3.91. The highest BCUT2D eigenvalue weighted by Gasteiger charge is 2.09. The molecule has 0 amide bonds. The minimum Gasteiger partial charge on any atom is -0.399 e. The Balaban J connectivity index is 1.85. The third-order valence-electron chi connectivity index (χ3n) is 3.67. The second kappa shape index (κ2) is 6.99. The average molecular weight is 319 g/mol. The zero-order chi connectivity index (χ0) is 16.1. The van der Waals surface area contributed by atoms with Crippen molar-refractivity contribution in [2.24, 2.45) is 0 Å². The first-order valence-corrected chi connectivity index (χ1v) is 8.29. The van der Waals surface area contributed by atoms with Crippen LogP contribution in [0.1, 0.15) is 16.7 Å². The summed E-state index contributed by atoms with van der Waals surface area (Å²) >= 11 is 1.70. The highest BCUT2D eigenvalue weighted by atomic mass is 32.1. The van der Waals surface area contributed by atoms with Crippen LogP contribution in [0.5, 0.6) is 0 Å². The molecule has 2 N–H and O–H groups in total. The van der Waals surface area contributed by atoms with Gasteiger partial charge in [-0.05, 0) is 64.4 Å². The molecule has 114 valence electrons. The van der Waals surface area contributed by atoms with E-state index in [0.717, 1.165) is 24.5 Å². The molecule has 0 saturated carbocycles. The van der Waals surface area contributed by atoms with Crippen LogP contribution in [0.25, 0.3) is 0 Å². The number of rotatable bonds is 5. The third-order valence-corrected chi connectivity index (χ3v) is 4.40. The number of nitrogen functional groups attached to an aromatic ring is 1. The van der Waals surface area contributed by atoms with Gasteiger partial charge in [0.1, 0.15) is 0 Å². The SMILES string of the molecule is N#Cc1ccc(N(Cc2ccc(N)cc2)Cc2ccsc2)cc1. The minimum atomic E-state index is 0.678. The predicted octanol–water partition coefficient (Wildman–Crippen LogP) is 4.41. The Morgan fingerprint density at radius 1 is 0.913 bits per heavy atom. The molecule has 3 aromatic rings. The van der Waals surface area contributed by atoms with Gasteiger partial charge in [0.15, 0.2) is 0 Å². The van der Waals surface area contributed by atoms with Crippen LogP contribution in [-0.2, 0) is 13.1 Å². The van der Waals surface area contributed by atoms with Crippen LogP contribution in [-0.4, -0.2) is 0 Å². The zero-order valence-electron chi connectivity index (χ0n) is 12.6. The molecule has 0 aliphatic heterocycles. The van der Waals surface area contributed by atoms with Gasteiger partial charge in [0.2, 0.25) is 0 Å². The van der Waals surface area contributed by atoms with Crippen LogP contribution < -0.4 is 10.6 Å². The van der Waals surface area contributed by atoms with Crippen molar-refractivity contribution in [1.29, 1.82) is 5.26 Å². The molecule has 0 unspecified atom stereocenters. The van der Waals surface area contributed by atoms with Crippen LogP contribution in [0.3, 0.4) is 0 Å². The summed E-state index contributed by atoms with van der Waals surface area (Å²) < 4.78 is 0. The Labute approximate surface area is 140 Å². The summed E-state index contributed by atoms with van der Waals surface area (Å²) in [6, 6.07) is 20.0. The predicted molar refractivity (Wildman–Crippen MR) is 96.2 cm³/mol. The summed E-state index contributed by atoms with van der Waals surface area (Å²) in [5.74, 6) is 0. The van der Waals surface area contributed by atoms with E-state index in [4.69, 9.17) is 11.0 Å². The molecule has 0 bridgehead atoms. The van der Waals surface area contributed by atoms with Crippen molar-refractivity contribution in [3.8, 4) is 6.07 Å². The molecule has 1 aromatic heterocycles. The minimum absolute atomic E-state index is 0.678. The van der Waals surface area contributed by atoms with Gasteiger partial charge in [-0.25, -0.2) is 0 Å². The number of hydrogen-bond acceptors (Lipinski definition) is 4. The summed E-state index contributed by atoms with van der Waals surface area (Å²) in [4.78, 5) is 2.30. The standard InChI is InChI=1S/C19H17N3S/c20-11-15-3-7-19(8-4-15)22(13-17-9-10-23-14-17)12-16-1-5-18(21)6-2-16/h1-10,14H,12-13,21H2. The number of hydrogen-bond donors (Lipinski definition) is 1. The summed E-state index contributed by atoms with van der Waals surface area (Å²) in [6.45, 7) is 1.63. The van der Waals surface area contributed by atoms with E-state index in [1.54, 1.807) is 11.3 Å². The van der Waals surface area contributed by atoms with Gasteiger partial charge >= 0.3 is 0 Å². The normalized spacial score (nSPS) is 10.2. The number of nitrogens with two attached hydrogens (primary N) is 1. The molecular weight excluding hydrogens is 302 g/mol. The molecule has 0 atom stereocenters. The lowest BCUT2D eigenvalue weighted by Gasteiger charge is -2.25. The maximum absolute atomic E-state index is 8.96. The lowest BCUT2D eigenvalue weighted by Crippen LogP contribution is -2.21. The lowest BCUT2D eigenvalue weighted by atomic mass is 10.1. The van der Waals surface area contributed by atoms with Crippen molar-refractivity contribution in [3.05, 3.63) is 82.0 Å². The topological polar surface area (TPSA) is 53.0 Å². The molecule has 0 aliphatic rings. The van der Waals surface area contributed by atoms with E-state index in [1.807, 2.05) is 36.4 Å². The molecule has 3 nitrogen and oxygen atoms in total. The first-order valence-electron chi connectivity index (χ1n) is 7.35. The molecule has 0 spiro atoms. The highest BCUT2D eigenvalue weighted by Crippen LogP contribution is 2.22. The fourth-order valence-corrected chi connectivity index (χ4v) is 3.09. The van der Waals surface area contributed by atoms with Crippen LogP contribution in [0.2, 0.25) is 0 Å².